The van der Waals surface area contributed by atoms with Crippen molar-refractivity contribution >= 4 is 68.0 Å². The highest BCUT2D eigenvalue weighted by molar-refractivity contribution is 7.22. The van der Waals surface area contributed by atoms with Crippen molar-refractivity contribution in [1.29, 1.82) is 0 Å². The van der Waals surface area contributed by atoms with E-state index in [0.29, 0.717) is 5.56 Å². The molecule has 2 nitrogen and oxygen atoms in total. The van der Waals surface area contributed by atoms with E-state index in [2.05, 4.69) is 118 Å². The highest BCUT2D eigenvalue weighted by Crippen LogP contribution is 2.34. The number of nitrogens with zero attached hydrogens (tertiary/aromatic N) is 2. The van der Waals surface area contributed by atoms with Gasteiger partial charge in [0.25, 0.3) is 0 Å². The van der Waals surface area contributed by atoms with Crippen LogP contribution in [0.15, 0.2) is 174 Å². The molecule has 0 aliphatic carbocycles. The topological polar surface area (TPSA) is 25.8 Å². The first kappa shape index (κ1) is 70.5. The summed E-state index contributed by atoms with van der Waals surface area (Å²) in [7, 11) is 0. The van der Waals surface area contributed by atoms with Gasteiger partial charge in [-0.2, -0.15) is 13.2 Å². The molecule has 0 N–H and O–H groups in total. The van der Waals surface area contributed by atoms with E-state index in [1.807, 2.05) is 116 Å². The van der Waals surface area contributed by atoms with E-state index >= 15 is 0 Å². The van der Waals surface area contributed by atoms with Gasteiger partial charge in [-0.15, -0.1) is 68.0 Å². The van der Waals surface area contributed by atoms with Crippen LogP contribution in [0, 0.1) is 31.3 Å². The number of benzene rings is 2. The molecule has 0 unspecified atom stereocenters. The third-order valence-corrected chi connectivity index (χ3v) is 16.0. The predicted molar refractivity (Wildman–Crippen MR) is 337 cm³/mol. The van der Waals surface area contributed by atoms with Crippen molar-refractivity contribution in [3.05, 3.63) is 212 Å². The number of aryl methyl sites for hydroxylation is 3. The van der Waals surface area contributed by atoms with Crippen LogP contribution in [0.3, 0.4) is 0 Å². The van der Waals surface area contributed by atoms with Crippen LogP contribution >= 0.6 is 68.0 Å². The third-order valence-electron chi connectivity index (χ3n) is 9.75. The van der Waals surface area contributed by atoms with Crippen molar-refractivity contribution in [1.82, 2.24) is 9.97 Å². The number of halogens is 6. The zero-order valence-corrected chi connectivity index (χ0v) is 52.1. The number of aromatic nitrogens is 2. The molecule has 0 saturated carbocycles. The van der Waals surface area contributed by atoms with Gasteiger partial charge in [0.2, 0.25) is 0 Å². The Bertz CT molecular complexity index is 2890. The lowest BCUT2D eigenvalue weighted by Gasteiger charge is -2.08. The number of hydrogen-bond donors (Lipinski definition) is 0. The summed E-state index contributed by atoms with van der Waals surface area (Å²) in [5.74, 6) is -3.86. The molecule has 10 aromatic rings. The van der Waals surface area contributed by atoms with Crippen LogP contribution in [0.2, 0.25) is 0 Å². The summed E-state index contributed by atoms with van der Waals surface area (Å²) in [6.07, 6.45) is 5.61. The summed E-state index contributed by atoms with van der Waals surface area (Å²) in [5.41, 5.74) is 2.55. The Morgan fingerprint density at radius 3 is 1.35 bits per heavy atom. The summed E-state index contributed by atoms with van der Waals surface area (Å²) in [4.78, 5) is 19.2. The minimum absolute atomic E-state index is 0.263. The minimum Gasteiger partial charge on any atom is -0.264 e. The summed E-state index contributed by atoms with van der Waals surface area (Å²) in [6, 6.07) is 39.8. The van der Waals surface area contributed by atoms with Gasteiger partial charge >= 0.3 is 6.18 Å². The van der Waals surface area contributed by atoms with E-state index in [1.165, 1.54) is 83.0 Å². The van der Waals surface area contributed by atoms with Crippen LogP contribution in [-0.2, 0) is 12.6 Å². The number of rotatable bonds is 9. The van der Waals surface area contributed by atoms with Gasteiger partial charge in [0, 0.05) is 74.4 Å². The predicted octanol–water partition coefficient (Wildman–Crippen LogP) is 24.8. The fraction of sp³-hybridized carbons (Fsp3) is 0.281. The molecule has 420 valence electrons. The highest BCUT2D eigenvalue weighted by atomic mass is 32.1. The molecule has 0 amide bonds. The number of unbranched alkanes of at least 4 members (excludes halogenated alkanes) is 2. The maximum absolute atomic E-state index is 12.9. The average Bonchev–Trinajstić information content (AvgIpc) is 4.35. The van der Waals surface area contributed by atoms with Crippen LogP contribution in [-0.4, -0.2) is 9.97 Å². The van der Waals surface area contributed by atoms with E-state index < -0.39 is 29.2 Å². The average molecular weight is 1180 g/mol. The highest BCUT2D eigenvalue weighted by Gasteiger charge is 2.30. The number of thiophene rings is 6. The van der Waals surface area contributed by atoms with Crippen LogP contribution < -0.4 is 0 Å². The number of alkyl halides is 3. The Labute approximate surface area is 486 Å². The summed E-state index contributed by atoms with van der Waals surface area (Å²) < 4.78 is 75.6. The second-order valence-electron chi connectivity index (χ2n) is 14.7. The second kappa shape index (κ2) is 41.6. The van der Waals surface area contributed by atoms with Gasteiger partial charge in [0.1, 0.15) is 0 Å². The fourth-order valence-electron chi connectivity index (χ4n) is 6.32. The normalized spacial score (nSPS) is 9.68. The molecule has 0 bridgehead atoms. The van der Waals surface area contributed by atoms with Gasteiger partial charge in [-0.3, -0.25) is 9.97 Å². The molecule has 8 heterocycles. The van der Waals surface area contributed by atoms with E-state index in [-0.39, 0.29) is 5.56 Å². The first-order valence-corrected chi connectivity index (χ1v) is 31.5. The Kier molecular flexibility index (Phi) is 37.6. The summed E-state index contributed by atoms with van der Waals surface area (Å²) >= 11 is 11.0. The molecule has 0 aliphatic rings. The molecule has 0 saturated heterocycles. The van der Waals surface area contributed by atoms with Crippen LogP contribution in [0.4, 0.5) is 26.3 Å². The number of pyridine rings is 2. The maximum atomic E-state index is 12.9. The lowest BCUT2D eigenvalue weighted by molar-refractivity contribution is -0.137. The van der Waals surface area contributed by atoms with Crippen molar-refractivity contribution in [3.8, 4) is 51.5 Å². The first-order chi connectivity index (χ1) is 37.9. The van der Waals surface area contributed by atoms with Gasteiger partial charge in [0.05, 0.1) is 5.56 Å². The Morgan fingerprint density at radius 1 is 0.462 bits per heavy atom. The largest absolute Gasteiger partial charge is 0.416 e. The standard InChI is InChI=1S/C13H10F3N.C13H16S2.C11H6F3N.C9H8S2.C8H6S2.5C2H6/c1-9-12(3-2-8-17-9)10-4-6-11(7-5-10)13(14,15)16;1-2-3-4-6-11-8-9-13(15-11)12-7-5-10-14-12;12-9-4-8(5-10(13)11(9)14)7-2-1-3-15-6-7;1-7-4-5-9(11-7)8-3-2-6-10-8;1-3-7(9-5-1)8-4-2-6-10-8;5*1-2/h2-8H,1H3;5,7-10H,2-4,6H2,1H3;1-6H;2-6H,1H3;1-6H;5*1-2H3. The van der Waals surface area contributed by atoms with Gasteiger partial charge in [-0.1, -0.05) is 138 Å². The Morgan fingerprint density at radius 2 is 0.936 bits per heavy atom. The quantitative estimate of drug-likeness (QED) is 0.0818. The molecular formula is C64H76F6N2S6. The summed E-state index contributed by atoms with van der Waals surface area (Å²) in [6.45, 7) is 26.2. The maximum Gasteiger partial charge on any atom is 0.416 e. The molecular weight excluding hydrogens is 1100 g/mol. The monoisotopic (exact) mass is 1180 g/mol. The smallest absolute Gasteiger partial charge is 0.264 e. The molecule has 8 aromatic heterocycles. The molecule has 0 aliphatic heterocycles. The van der Waals surface area contributed by atoms with Crippen LogP contribution in [0.5, 0.6) is 0 Å². The SMILES string of the molecule is CC.CC.CC.CC.CC.CCCCCc1ccc(-c2cccs2)s1.Cc1ccc(-c2cccs2)s1.Cc1ncccc1-c1ccc(C(F)(F)F)cc1.Fc1cc(-c2cccnc2)cc(F)c1F.c1csc(-c2cccs2)c1. The Balaban J connectivity index is 0.000000472. The molecule has 2 aromatic carbocycles. The van der Waals surface area contributed by atoms with E-state index in [9.17, 15) is 26.3 Å². The van der Waals surface area contributed by atoms with Crippen molar-refractivity contribution < 1.29 is 26.3 Å². The van der Waals surface area contributed by atoms with E-state index in [0.717, 1.165) is 41.1 Å². The van der Waals surface area contributed by atoms with Gasteiger partial charge < -0.3 is 0 Å². The summed E-state index contributed by atoms with van der Waals surface area (Å²) in [5, 5.41) is 8.47. The Hall–Kier alpha value is -5.48. The molecule has 0 atom stereocenters. The fourth-order valence-corrected chi connectivity index (χ4v) is 11.5. The van der Waals surface area contributed by atoms with Crippen LogP contribution in [0.1, 0.15) is 116 Å². The van der Waals surface area contributed by atoms with Gasteiger partial charge in [-0.25, -0.2) is 13.2 Å². The zero-order valence-electron chi connectivity index (χ0n) is 47.2. The molecule has 0 radical (unpaired) electrons. The van der Waals surface area contributed by atoms with Crippen molar-refractivity contribution in [2.75, 3.05) is 0 Å². The molecule has 0 fully saturated rings. The van der Waals surface area contributed by atoms with Crippen LogP contribution in [0.25, 0.3) is 51.5 Å². The third kappa shape index (κ3) is 25.1. The molecule has 78 heavy (non-hydrogen) atoms. The van der Waals surface area contributed by atoms with Gasteiger partial charge in [0.15, 0.2) is 17.5 Å². The zero-order chi connectivity index (χ0) is 58.3. The molecule has 0 spiro atoms. The second-order valence-corrected chi connectivity index (χ2v) is 21.0. The van der Waals surface area contributed by atoms with E-state index in [4.69, 9.17) is 0 Å². The first-order valence-electron chi connectivity index (χ1n) is 26.3. The lowest BCUT2D eigenvalue weighted by atomic mass is 10.0. The van der Waals surface area contributed by atoms with Crippen molar-refractivity contribution in [3.63, 3.8) is 0 Å². The minimum atomic E-state index is -4.29. The van der Waals surface area contributed by atoms with Gasteiger partial charge in [-0.05, 0) is 144 Å². The molecule has 14 heteroatoms. The van der Waals surface area contributed by atoms with E-state index in [1.54, 1.807) is 64.6 Å². The van der Waals surface area contributed by atoms with Crippen molar-refractivity contribution in [2.24, 2.45) is 0 Å². The molecule has 10 rings (SSSR count). The lowest BCUT2D eigenvalue weighted by Crippen LogP contribution is -2.04. The number of hydrogen-bond acceptors (Lipinski definition) is 8. The van der Waals surface area contributed by atoms with Crippen molar-refractivity contribution in [2.45, 2.75) is 122 Å².